The maximum absolute atomic E-state index is 13.0. The summed E-state index contributed by atoms with van der Waals surface area (Å²) < 4.78 is 16.7. The van der Waals surface area contributed by atoms with Gasteiger partial charge in [-0.3, -0.25) is 9.59 Å². The van der Waals surface area contributed by atoms with Crippen molar-refractivity contribution in [2.75, 3.05) is 19.8 Å². The van der Waals surface area contributed by atoms with E-state index in [4.69, 9.17) is 14.2 Å². The summed E-state index contributed by atoms with van der Waals surface area (Å²) in [4.78, 5) is 25.1. The summed E-state index contributed by atoms with van der Waals surface area (Å²) in [5.41, 5.74) is 0. The van der Waals surface area contributed by atoms with Gasteiger partial charge in [0.25, 0.3) is 0 Å². The van der Waals surface area contributed by atoms with E-state index in [1.807, 2.05) is 6.08 Å². The first kappa shape index (κ1) is 68.4. The number of hydrogen-bond donors (Lipinski definition) is 6. The summed E-state index contributed by atoms with van der Waals surface area (Å²) >= 11 is 0. The van der Waals surface area contributed by atoms with E-state index in [2.05, 4.69) is 19.2 Å². The second-order valence-electron chi connectivity index (χ2n) is 21.8. The Morgan fingerprint density at radius 3 is 1.29 bits per heavy atom. The van der Waals surface area contributed by atoms with Gasteiger partial charge in [0.15, 0.2) is 6.29 Å². The van der Waals surface area contributed by atoms with Crippen molar-refractivity contribution in [2.45, 2.75) is 346 Å². The van der Waals surface area contributed by atoms with Crippen molar-refractivity contribution in [1.29, 1.82) is 0 Å². The van der Waals surface area contributed by atoms with Crippen molar-refractivity contribution < 1.29 is 49.3 Å². The van der Waals surface area contributed by atoms with Gasteiger partial charge in [0.05, 0.1) is 32.0 Å². The van der Waals surface area contributed by atoms with Gasteiger partial charge >= 0.3 is 5.97 Å². The van der Waals surface area contributed by atoms with Crippen LogP contribution in [-0.4, -0.2) is 100 Å². The molecule has 1 aliphatic rings. The van der Waals surface area contributed by atoms with Crippen LogP contribution in [0.2, 0.25) is 0 Å². The van der Waals surface area contributed by atoms with Gasteiger partial charge < -0.3 is 45.1 Å². The lowest BCUT2D eigenvalue weighted by molar-refractivity contribution is -0.302. The van der Waals surface area contributed by atoms with Crippen molar-refractivity contribution in [3.05, 3.63) is 12.2 Å². The fourth-order valence-electron chi connectivity index (χ4n) is 9.97. The number of esters is 1. The van der Waals surface area contributed by atoms with Crippen molar-refractivity contribution in [3.63, 3.8) is 0 Å². The molecule has 0 aromatic rings. The Labute approximate surface area is 442 Å². The van der Waals surface area contributed by atoms with Gasteiger partial charge in [-0.2, -0.15) is 0 Å². The van der Waals surface area contributed by atoms with Gasteiger partial charge in [-0.05, 0) is 32.1 Å². The highest BCUT2D eigenvalue weighted by Crippen LogP contribution is 2.23. The summed E-state index contributed by atoms with van der Waals surface area (Å²) in [6.07, 6.45) is 50.4. The highest BCUT2D eigenvalue weighted by molar-refractivity contribution is 5.76. The average Bonchev–Trinajstić information content (AvgIpc) is 3.38. The Hall–Kier alpha value is -1.60. The normalized spacial score (nSPS) is 19.0. The molecule has 6 N–H and O–H groups in total. The first-order valence-electron chi connectivity index (χ1n) is 31.0. The van der Waals surface area contributed by atoms with Crippen LogP contribution in [-0.2, 0) is 23.8 Å². The molecular weight excluding hydrogens is 907 g/mol. The first-order chi connectivity index (χ1) is 35.2. The standard InChI is InChI=1S/C61H117NO10/c1-3-5-7-9-11-13-14-15-16-23-26-29-33-37-41-45-49-57(66)70-50-46-42-38-34-30-27-24-21-19-17-18-20-22-25-28-32-36-40-44-48-56(65)62-53(54(64)47-43-39-35-31-12-10-8-6-4-2)52-71-61-60(69)59(68)58(67)55(51-63)72-61/h43,47,53-55,58-61,63-64,67-69H,3-42,44-46,48-52H2,1-2H3,(H,62,65)/b47-43+. The van der Waals surface area contributed by atoms with Crippen LogP contribution in [0.3, 0.4) is 0 Å². The number of nitrogens with one attached hydrogen (secondary N) is 1. The third-order valence-electron chi connectivity index (χ3n) is 14.9. The zero-order valence-electron chi connectivity index (χ0n) is 46.9. The molecule has 0 aromatic carbocycles. The minimum absolute atomic E-state index is 0.00190. The SMILES string of the molecule is CCCCCCCCC/C=C/C(O)C(COC1OC(CO)C(O)C(O)C1O)NC(=O)CCCCCCCCCCCCCCCCCCCCCOC(=O)CCCCCCCCCCCCCCCCCC. The van der Waals surface area contributed by atoms with Gasteiger partial charge in [0, 0.05) is 12.8 Å². The van der Waals surface area contributed by atoms with E-state index in [1.165, 1.54) is 212 Å². The van der Waals surface area contributed by atoms with Crippen molar-refractivity contribution in [3.8, 4) is 0 Å². The maximum Gasteiger partial charge on any atom is 0.305 e. The Balaban J connectivity index is 1.99. The number of allylic oxidation sites excluding steroid dienone is 1. The quantitative estimate of drug-likeness (QED) is 0.0195. The maximum atomic E-state index is 13.0. The summed E-state index contributed by atoms with van der Waals surface area (Å²) in [5.74, 6) is -0.187. The summed E-state index contributed by atoms with van der Waals surface area (Å²) in [7, 11) is 0. The second-order valence-corrected chi connectivity index (χ2v) is 21.8. The number of rotatable bonds is 54. The van der Waals surface area contributed by atoms with E-state index in [9.17, 15) is 35.1 Å². The predicted molar refractivity (Wildman–Crippen MR) is 297 cm³/mol. The number of ether oxygens (including phenoxy) is 3. The van der Waals surface area contributed by atoms with Crippen LogP contribution < -0.4 is 5.32 Å². The molecule has 1 heterocycles. The van der Waals surface area contributed by atoms with Crippen LogP contribution in [0.15, 0.2) is 12.2 Å². The van der Waals surface area contributed by atoms with E-state index in [0.29, 0.717) is 19.4 Å². The van der Waals surface area contributed by atoms with Crippen LogP contribution in [0.5, 0.6) is 0 Å². The topological polar surface area (TPSA) is 175 Å². The smallest absolute Gasteiger partial charge is 0.305 e. The molecule has 7 atom stereocenters. The fraction of sp³-hybridized carbons (Fsp3) is 0.934. The molecule has 1 saturated heterocycles. The molecule has 0 radical (unpaired) electrons. The molecule has 1 aliphatic heterocycles. The molecule has 72 heavy (non-hydrogen) atoms. The first-order valence-corrected chi connectivity index (χ1v) is 31.0. The van der Waals surface area contributed by atoms with Crippen LogP contribution in [0.25, 0.3) is 0 Å². The van der Waals surface area contributed by atoms with Crippen molar-refractivity contribution >= 4 is 11.9 Å². The molecule has 11 heteroatoms. The number of hydrogen-bond acceptors (Lipinski definition) is 10. The highest BCUT2D eigenvalue weighted by atomic mass is 16.7. The molecule has 1 rings (SSSR count). The van der Waals surface area contributed by atoms with Crippen LogP contribution in [0.4, 0.5) is 0 Å². The van der Waals surface area contributed by atoms with Crippen LogP contribution >= 0.6 is 0 Å². The van der Waals surface area contributed by atoms with E-state index >= 15 is 0 Å². The van der Waals surface area contributed by atoms with E-state index in [0.717, 1.165) is 64.2 Å². The monoisotopic (exact) mass is 1020 g/mol. The largest absolute Gasteiger partial charge is 0.466 e. The molecule has 1 fully saturated rings. The summed E-state index contributed by atoms with van der Waals surface area (Å²) in [6.45, 7) is 4.33. The zero-order valence-corrected chi connectivity index (χ0v) is 46.9. The Kier molecular flexibility index (Phi) is 48.9. The molecule has 0 saturated carbocycles. The van der Waals surface area contributed by atoms with Crippen LogP contribution in [0.1, 0.15) is 303 Å². The van der Waals surface area contributed by atoms with Gasteiger partial charge in [-0.1, -0.05) is 270 Å². The number of amides is 1. The number of unbranched alkanes of at least 4 members (excludes halogenated alkanes) is 40. The molecule has 11 nitrogen and oxygen atoms in total. The van der Waals surface area contributed by atoms with E-state index < -0.39 is 49.5 Å². The number of carbonyl (C=O) groups excluding carboxylic acids is 2. The summed E-state index contributed by atoms with van der Waals surface area (Å²) in [5, 5.41) is 54.2. The molecule has 0 spiro atoms. The molecule has 0 bridgehead atoms. The lowest BCUT2D eigenvalue weighted by Gasteiger charge is -2.40. The summed E-state index contributed by atoms with van der Waals surface area (Å²) in [6, 6.07) is -0.810. The van der Waals surface area contributed by atoms with E-state index in [-0.39, 0.29) is 18.5 Å². The Morgan fingerprint density at radius 1 is 0.500 bits per heavy atom. The third kappa shape index (κ3) is 40.7. The van der Waals surface area contributed by atoms with Gasteiger partial charge in [-0.25, -0.2) is 0 Å². The Bertz CT molecular complexity index is 1200. The Morgan fingerprint density at radius 2 is 0.875 bits per heavy atom. The van der Waals surface area contributed by atoms with Crippen molar-refractivity contribution in [1.82, 2.24) is 5.32 Å². The second kappa shape index (κ2) is 51.5. The lowest BCUT2D eigenvalue weighted by Crippen LogP contribution is -2.60. The molecule has 0 aromatic heterocycles. The number of aliphatic hydroxyl groups is 5. The van der Waals surface area contributed by atoms with Gasteiger partial charge in [0.1, 0.15) is 24.4 Å². The molecule has 426 valence electrons. The average molecular weight is 1020 g/mol. The van der Waals surface area contributed by atoms with Gasteiger partial charge in [-0.15, -0.1) is 0 Å². The number of carbonyl (C=O) groups is 2. The molecule has 0 aliphatic carbocycles. The van der Waals surface area contributed by atoms with E-state index in [1.54, 1.807) is 6.08 Å². The zero-order chi connectivity index (χ0) is 52.4. The molecule has 7 unspecified atom stereocenters. The lowest BCUT2D eigenvalue weighted by atomic mass is 9.99. The minimum Gasteiger partial charge on any atom is -0.466 e. The fourth-order valence-corrected chi connectivity index (χ4v) is 9.97. The highest BCUT2D eigenvalue weighted by Gasteiger charge is 2.44. The molecular formula is C61H117NO10. The molecule has 1 amide bonds. The van der Waals surface area contributed by atoms with Crippen LogP contribution in [0, 0.1) is 0 Å². The minimum atomic E-state index is -1.57. The van der Waals surface area contributed by atoms with Gasteiger partial charge in [0.2, 0.25) is 5.91 Å². The predicted octanol–water partition coefficient (Wildman–Crippen LogP) is 14.3. The van der Waals surface area contributed by atoms with Crippen molar-refractivity contribution in [2.24, 2.45) is 0 Å². The number of aliphatic hydroxyl groups excluding tert-OH is 5. The third-order valence-corrected chi connectivity index (χ3v) is 14.9.